The Hall–Kier alpha value is -0.820. The minimum Gasteiger partial charge on any atom is -0.319 e. The van der Waals surface area contributed by atoms with E-state index >= 15 is 0 Å². The minimum atomic E-state index is 0.641. The van der Waals surface area contributed by atoms with Crippen LogP contribution >= 0.6 is 0 Å². The van der Waals surface area contributed by atoms with Gasteiger partial charge in [-0.15, -0.1) is 0 Å². The molecule has 1 aliphatic rings. The van der Waals surface area contributed by atoms with Crippen molar-refractivity contribution >= 4 is 0 Å². The van der Waals surface area contributed by atoms with Crippen molar-refractivity contribution in [3.63, 3.8) is 0 Å². The first-order valence-electron chi connectivity index (χ1n) is 6.97. The van der Waals surface area contributed by atoms with E-state index in [1.54, 1.807) is 5.56 Å². The van der Waals surface area contributed by atoms with Gasteiger partial charge in [-0.25, -0.2) is 0 Å². The molecule has 1 aromatic carbocycles. The van der Waals surface area contributed by atoms with Crippen molar-refractivity contribution in [3.8, 4) is 0 Å². The monoisotopic (exact) mass is 231 g/mol. The quantitative estimate of drug-likeness (QED) is 0.810. The number of hydrogen-bond donors (Lipinski definition) is 1. The van der Waals surface area contributed by atoms with Crippen LogP contribution in [-0.2, 0) is 0 Å². The third-order valence-corrected chi connectivity index (χ3v) is 4.39. The van der Waals surface area contributed by atoms with Gasteiger partial charge in [-0.2, -0.15) is 0 Å². The lowest BCUT2D eigenvalue weighted by Crippen LogP contribution is -2.21. The summed E-state index contributed by atoms with van der Waals surface area (Å²) in [5, 5.41) is 3.28. The highest BCUT2D eigenvalue weighted by atomic mass is 14.8. The third kappa shape index (κ3) is 2.90. The SMILES string of the molecule is CNCC(C)C(C)c1cccc(C2CCC2)c1. The normalized spacial score (nSPS) is 19.7. The second-order valence-electron chi connectivity index (χ2n) is 5.62. The van der Waals surface area contributed by atoms with Crippen LogP contribution < -0.4 is 5.32 Å². The number of rotatable bonds is 5. The van der Waals surface area contributed by atoms with E-state index in [1.807, 2.05) is 7.05 Å². The van der Waals surface area contributed by atoms with Gasteiger partial charge >= 0.3 is 0 Å². The second-order valence-corrected chi connectivity index (χ2v) is 5.62. The van der Waals surface area contributed by atoms with Crippen LogP contribution in [0.15, 0.2) is 24.3 Å². The van der Waals surface area contributed by atoms with E-state index in [2.05, 4.69) is 43.4 Å². The van der Waals surface area contributed by atoms with Crippen molar-refractivity contribution < 1.29 is 0 Å². The van der Waals surface area contributed by atoms with E-state index in [4.69, 9.17) is 0 Å². The average Bonchev–Trinajstić information content (AvgIpc) is 2.26. The number of nitrogens with one attached hydrogen (secondary N) is 1. The molecular formula is C16H25N. The third-order valence-electron chi connectivity index (χ3n) is 4.39. The predicted octanol–water partition coefficient (Wildman–Crippen LogP) is 3.91. The smallest absolute Gasteiger partial charge is 0.00204 e. The molecule has 1 fully saturated rings. The highest BCUT2D eigenvalue weighted by molar-refractivity contribution is 5.30. The molecule has 94 valence electrons. The van der Waals surface area contributed by atoms with Crippen molar-refractivity contribution in [2.45, 2.75) is 44.9 Å². The van der Waals surface area contributed by atoms with E-state index in [1.165, 1.54) is 24.8 Å². The molecule has 17 heavy (non-hydrogen) atoms. The number of hydrogen-bond acceptors (Lipinski definition) is 1. The average molecular weight is 231 g/mol. The first-order chi connectivity index (χ1) is 8.22. The van der Waals surface area contributed by atoms with Crippen LogP contribution in [0.1, 0.15) is 56.1 Å². The van der Waals surface area contributed by atoms with Crippen molar-refractivity contribution in [1.29, 1.82) is 0 Å². The molecule has 0 radical (unpaired) electrons. The Morgan fingerprint density at radius 3 is 2.65 bits per heavy atom. The maximum absolute atomic E-state index is 3.28. The summed E-state index contributed by atoms with van der Waals surface area (Å²) in [6.45, 7) is 5.77. The van der Waals surface area contributed by atoms with E-state index in [0.29, 0.717) is 11.8 Å². The van der Waals surface area contributed by atoms with Gasteiger partial charge in [-0.1, -0.05) is 44.5 Å². The van der Waals surface area contributed by atoms with E-state index in [9.17, 15) is 0 Å². The molecule has 0 spiro atoms. The molecule has 0 saturated heterocycles. The Morgan fingerprint density at radius 2 is 2.06 bits per heavy atom. The van der Waals surface area contributed by atoms with Crippen LogP contribution in [-0.4, -0.2) is 13.6 Å². The maximum atomic E-state index is 3.28. The zero-order valence-corrected chi connectivity index (χ0v) is 11.4. The van der Waals surface area contributed by atoms with Crippen LogP contribution in [0.3, 0.4) is 0 Å². The molecule has 0 aromatic heterocycles. The van der Waals surface area contributed by atoms with Crippen LogP contribution in [0.2, 0.25) is 0 Å². The van der Waals surface area contributed by atoms with Crippen molar-refractivity contribution in [1.82, 2.24) is 5.32 Å². The topological polar surface area (TPSA) is 12.0 Å². The Labute approximate surface area is 106 Å². The van der Waals surface area contributed by atoms with Gasteiger partial charge < -0.3 is 5.32 Å². The maximum Gasteiger partial charge on any atom is -0.00204 e. The molecule has 1 aliphatic carbocycles. The highest BCUT2D eigenvalue weighted by Gasteiger charge is 2.21. The summed E-state index contributed by atoms with van der Waals surface area (Å²) in [6, 6.07) is 9.29. The Bertz CT molecular complexity index is 354. The van der Waals surface area contributed by atoms with E-state index < -0.39 is 0 Å². The fourth-order valence-electron chi connectivity index (χ4n) is 2.67. The second kappa shape index (κ2) is 5.68. The minimum absolute atomic E-state index is 0.641. The van der Waals surface area contributed by atoms with Crippen molar-refractivity contribution in [2.75, 3.05) is 13.6 Å². The van der Waals surface area contributed by atoms with Crippen LogP contribution in [0.5, 0.6) is 0 Å². The van der Waals surface area contributed by atoms with Crippen LogP contribution in [0.4, 0.5) is 0 Å². The molecule has 1 aromatic rings. The summed E-state index contributed by atoms with van der Waals surface area (Å²) >= 11 is 0. The Kier molecular flexibility index (Phi) is 4.22. The summed E-state index contributed by atoms with van der Waals surface area (Å²) < 4.78 is 0. The lowest BCUT2D eigenvalue weighted by Gasteiger charge is -2.27. The lowest BCUT2D eigenvalue weighted by molar-refractivity contribution is 0.418. The van der Waals surface area contributed by atoms with Gasteiger partial charge in [0.1, 0.15) is 0 Å². The van der Waals surface area contributed by atoms with Gasteiger partial charge in [0.25, 0.3) is 0 Å². The highest BCUT2D eigenvalue weighted by Crippen LogP contribution is 2.37. The van der Waals surface area contributed by atoms with Gasteiger partial charge in [0.2, 0.25) is 0 Å². The van der Waals surface area contributed by atoms with Gasteiger partial charge in [-0.05, 0) is 55.3 Å². The number of benzene rings is 1. The summed E-state index contributed by atoms with van der Waals surface area (Å²) in [5.74, 6) is 2.18. The van der Waals surface area contributed by atoms with E-state index in [-0.39, 0.29) is 0 Å². The fraction of sp³-hybridized carbons (Fsp3) is 0.625. The molecule has 2 rings (SSSR count). The Balaban J connectivity index is 2.09. The van der Waals surface area contributed by atoms with Crippen LogP contribution in [0.25, 0.3) is 0 Å². The zero-order valence-electron chi connectivity index (χ0n) is 11.4. The molecular weight excluding hydrogens is 206 g/mol. The zero-order chi connectivity index (χ0) is 12.3. The molecule has 0 bridgehead atoms. The lowest BCUT2D eigenvalue weighted by atomic mass is 9.78. The molecule has 0 amide bonds. The summed E-state index contributed by atoms with van der Waals surface area (Å²) in [6.07, 6.45) is 4.20. The molecule has 1 N–H and O–H groups in total. The van der Waals surface area contributed by atoms with Crippen molar-refractivity contribution in [2.24, 2.45) is 5.92 Å². The molecule has 2 atom stereocenters. The summed E-state index contributed by atoms with van der Waals surface area (Å²) in [5.41, 5.74) is 3.08. The molecule has 1 heteroatoms. The largest absolute Gasteiger partial charge is 0.319 e. The first kappa shape index (κ1) is 12.6. The van der Waals surface area contributed by atoms with E-state index in [0.717, 1.165) is 12.5 Å². The predicted molar refractivity (Wildman–Crippen MR) is 74.5 cm³/mol. The molecule has 2 unspecified atom stereocenters. The fourth-order valence-corrected chi connectivity index (χ4v) is 2.67. The summed E-state index contributed by atoms with van der Waals surface area (Å²) in [7, 11) is 2.04. The first-order valence-corrected chi connectivity index (χ1v) is 6.97. The molecule has 0 aliphatic heterocycles. The molecule has 0 heterocycles. The van der Waals surface area contributed by atoms with Gasteiger partial charge in [-0.3, -0.25) is 0 Å². The van der Waals surface area contributed by atoms with Crippen molar-refractivity contribution in [3.05, 3.63) is 35.4 Å². The van der Waals surface area contributed by atoms with Gasteiger partial charge in [0.15, 0.2) is 0 Å². The van der Waals surface area contributed by atoms with Crippen LogP contribution in [0, 0.1) is 5.92 Å². The standard InChI is InChI=1S/C16H25N/c1-12(11-17-3)13(2)15-8-5-9-16(10-15)14-6-4-7-14/h5,8-10,12-14,17H,4,6-7,11H2,1-3H3. The molecule has 1 saturated carbocycles. The molecule has 1 nitrogen and oxygen atoms in total. The summed E-state index contributed by atoms with van der Waals surface area (Å²) in [4.78, 5) is 0. The van der Waals surface area contributed by atoms with Gasteiger partial charge in [0, 0.05) is 0 Å². The van der Waals surface area contributed by atoms with Gasteiger partial charge in [0.05, 0.1) is 0 Å². The Morgan fingerprint density at radius 1 is 1.29 bits per heavy atom.